The Labute approximate surface area is 149 Å². The Morgan fingerprint density at radius 2 is 2.12 bits per heavy atom. The molecule has 0 spiro atoms. The van der Waals surface area contributed by atoms with Gasteiger partial charge >= 0.3 is 0 Å². The number of benzene rings is 2. The number of hydrogen-bond donors (Lipinski definition) is 2. The lowest BCUT2D eigenvalue weighted by Gasteiger charge is -2.22. The zero-order valence-electron chi connectivity index (χ0n) is 14.8. The van der Waals surface area contributed by atoms with Crippen LogP contribution in [0, 0.1) is 0 Å². The summed E-state index contributed by atoms with van der Waals surface area (Å²) in [5, 5.41) is 13.1. The van der Waals surface area contributed by atoms with E-state index in [4.69, 9.17) is 9.73 Å². The quantitative estimate of drug-likeness (QED) is 0.649. The molecule has 0 aliphatic carbocycles. The molecule has 2 aromatic rings. The zero-order valence-corrected chi connectivity index (χ0v) is 14.8. The zero-order chi connectivity index (χ0) is 17.6. The lowest BCUT2D eigenvalue weighted by Crippen LogP contribution is -2.40. The minimum Gasteiger partial charge on any atom is -0.504 e. The van der Waals surface area contributed by atoms with E-state index >= 15 is 0 Å². The first-order valence-electron chi connectivity index (χ1n) is 8.72. The van der Waals surface area contributed by atoms with Gasteiger partial charge in [0.05, 0.1) is 7.11 Å². The average molecular weight is 339 g/mol. The van der Waals surface area contributed by atoms with Crippen molar-refractivity contribution in [1.29, 1.82) is 0 Å². The van der Waals surface area contributed by atoms with Crippen LogP contribution in [0.1, 0.15) is 18.1 Å². The Bertz CT molecular complexity index is 758. The largest absolute Gasteiger partial charge is 0.504 e. The highest BCUT2D eigenvalue weighted by molar-refractivity contribution is 5.97. The Hall–Kier alpha value is -2.69. The summed E-state index contributed by atoms with van der Waals surface area (Å²) in [6.07, 6.45) is 1.84. The minimum atomic E-state index is 0.164. The Morgan fingerprint density at radius 3 is 2.92 bits per heavy atom. The van der Waals surface area contributed by atoms with Gasteiger partial charge in [0.15, 0.2) is 17.5 Å². The van der Waals surface area contributed by atoms with E-state index in [1.165, 1.54) is 11.3 Å². The fourth-order valence-corrected chi connectivity index (χ4v) is 3.12. The Kier molecular flexibility index (Phi) is 5.43. The van der Waals surface area contributed by atoms with Crippen molar-refractivity contribution < 1.29 is 9.84 Å². The number of aromatic hydroxyl groups is 1. The molecular formula is C20H25N3O2. The van der Waals surface area contributed by atoms with Gasteiger partial charge < -0.3 is 20.1 Å². The van der Waals surface area contributed by atoms with Gasteiger partial charge in [0.2, 0.25) is 0 Å². The summed E-state index contributed by atoms with van der Waals surface area (Å²) in [4.78, 5) is 7.06. The molecule has 0 aromatic heterocycles. The number of fused-ring (bicyclic) bond motifs is 1. The maximum atomic E-state index is 9.69. The second-order valence-corrected chi connectivity index (χ2v) is 6.02. The number of anilines is 1. The van der Waals surface area contributed by atoms with Crippen LogP contribution in [0.3, 0.4) is 0 Å². The molecule has 0 amide bonds. The topological polar surface area (TPSA) is 57.1 Å². The lowest BCUT2D eigenvalue weighted by molar-refractivity contribution is 0.373. The van der Waals surface area contributed by atoms with Crippen molar-refractivity contribution in [3.05, 3.63) is 53.6 Å². The van der Waals surface area contributed by atoms with Crippen LogP contribution in [0.4, 0.5) is 5.69 Å². The smallest absolute Gasteiger partial charge is 0.198 e. The van der Waals surface area contributed by atoms with E-state index in [1.807, 2.05) is 12.1 Å². The number of ether oxygens (including phenoxy) is 1. The van der Waals surface area contributed by atoms with Crippen LogP contribution in [-0.2, 0) is 12.8 Å². The van der Waals surface area contributed by atoms with Crippen molar-refractivity contribution in [3.63, 3.8) is 0 Å². The van der Waals surface area contributed by atoms with Gasteiger partial charge in [0, 0.05) is 25.3 Å². The van der Waals surface area contributed by atoms with Crippen LogP contribution in [0.15, 0.2) is 47.5 Å². The van der Waals surface area contributed by atoms with Crippen LogP contribution in [0.25, 0.3) is 0 Å². The number of aliphatic imine (C=N–C) groups is 1. The second kappa shape index (κ2) is 7.92. The van der Waals surface area contributed by atoms with Crippen LogP contribution in [0.5, 0.6) is 11.5 Å². The molecule has 5 heteroatoms. The molecule has 2 aromatic carbocycles. The predicted molar refractivity (Wildman–Crippen MR) is 102 cm³/mol. The summed E-state index contributed by atoms with van der Waals surface area (Å²) in [6.45, 7) is 4.56. The van der Waals surface area contributed by atoms with Gasteiger partial charge in [-0.2, -0.15) is 0 Å². The maximum absolute atomic E-state index is 9.69. The first-order chi connectivity index (χ1) is 12.2. The molecule has 2 N–H and O–H groups in total. The number of rotatable bonds is 5. The molecule has 132 valence electrons. The Morgan fingerprint density at radius 1 is 1.28 bits per heavy atom. The number of nitrogens with one attached hydrogen (secondary N) is 1. The predicted octanol–water partition coefficient (Wildman–Crippen LogP) is 2.97. The highest BCUT2D eigenvalue weighted by Gasteiger charge is 2.22. The fourth-order valence-electron chi connectivity index (χ4n) is 3.12. The van der Waals surface area contributed by atoms with Gasteiger partial charge in [0.1, 0.15) is 0 Å². The number of guanidine groups is 1. The number of phenols is 1. The fraction of sp³-hybridized carbons (Fsp3) is 0.350. The van der Waals surface area contributed by atoms with Crippen LogP contribution >= 0.6 is 0 Å². The number of para-hydroxylation sites is 1. The molecule has 1 aliphatic rings. The van der Waals surface area contributed by atoms with Gasteiger partial charge in [-0.05, 0) is 49.1 Å². The maximum Gasteiger partial charge on any atom is 0.198 e. The molecule has 5 nitrogen and oxygen atoms in total. The molecule has 0 unspecified atom stereocenters. The number of hydrogen-bond acceptors (Lipinski definition) is 3. The molecule has 0 fully saturated rings. The normalized spacial score (nSPS) is 13.7. The minimum absolute atomic E-state index is 0.164. The van der Waals surface area contributed by atoms with E-state index in [0.29, 0.717) is 12.3 Å². The van der Waals surface area contributed by atoms with Crippen LogP contribution in [-0.4, -0.2) is 37.8 Å². The van der Waals surface area contributed by atoms with Crippen molar-refractivity contribution in [2.24, 2.45) is 4.99 Å². The third kappa shape index (κ3) is 3.87. The molecule has 0 atom stereocenters. The van der Waals surface area contributed by atoms with Crippen molar-refractivity contribution in [3.8, 4) is 11.5 Å². The first-order valence-corrected chi connectivity index (χ1v) is 8.72. The van der Waals surface area contributed by atoms with Gasteiger partial charge in [-0.25, -0.2) is 0 Å². The summed E-state index contributed by atoms with van der Waals surface area (Å²) >= 11 is 0. The molecule has 3 rings (SSSR count). The monoisotopic (exact) mass is 339 g/mol. The molecule has 1 aliphatic heterocycles. The third-order valence-corrected chi connectivity index (χ3v) is 4.38. The van der Waals surface area contributed by atoms with Crippen molar-refractivity contribution in [1.82, 2.24) is 5.32 Å². The SMILES string of the molecule is CCNC(=NCCc1ccc(O)c(OC)c1)N1CCc2ccccc21. The molecule has 0 saturated carbocycles. The van der Waals surface area contributed by atoms with E-state index in [1.54, 1.807) is 13.2 Å². The van der Waals surface area contributed by atoms with Crippen molar-refractivity contribution in [2.45, 2.75) is 19.8 Å². The van der Waals surface area contributed by atoms with Crippen molar-refractivity contribution >= 4 is 11.6 Å². The lowest BCUT2D eigenvalue weighted by atomic mass is 10.1. The summed E-state index contributed by atoms with van der Waals surface area (Å²) in [5.41, 5.74) is 3.71. The van der Waals surface area contributed by atoms with E-state index in [-0.39, 0.29) is 5.75 Å². The van der Waals surface area contributed by atoms with Gasteiger partial charge in [0.25, 0.3) is 0 Å². The van der Waals surface area contributed by atoms with Crippen molar-refractivity contribution in [2.75, 3.05) is 31.6 Å². The molecule has 0 bridgehead atoms. The molecular weight excluding hydrogens is 314 g/mol. The van der Waals surface area contributed by atoms with E-state index in [9.17, 15) is 5.11 Å². The second-order valence-electron chi connectivity index (χ2n) is 6.02. The summed E-state index contributed by atoms with van der Waals surface area (Å²) < 4.78 is 5.17. The molecule has 0 saturated heterocycles. The highest BCUT2D eigenvalue weighted by atomic mass is 16.5. The van der Waals surface area contributed by atoms with Crippen LogP contribution < -0.4 is 15.0 Å². The first kappa shape index (κ1) is 17.1. The van der Waals surface area contributed by atoms with Crippen LogP contribution in [0.2, 0.25) is 0 Å². The standard InChI is InChI=1S/C20H25N3O2/c1-3-21-20(23-13-11-16-6-4-5-7-17(16)23)22-12-10-15-8-9-18(24)19(14-15)25-2/h4-9,14,24H,3,10-13H2,1-2H3,(H,21,22). The number of methoxy groups -OCH3 is 1. The summed E-state index contributed by atoms with van der Waals surface area (Å²) in [7, 11) is 1.56. The van der Waals surface area contributed by atoms with Gasteiger partial charge in [-0.3, -0.25) is 4.99 Å². The average Bonchev–Trinajstić information content (AvgIpc) is 3.06. The molecule has 25 heavy (non-hydrogen) atoms. The molecule has 0 radical (unpaired) electrons. The van der Waals surface area contributed by atoms with E-state index < -0.39 is 0 Å². The molecule has 1 heterocycles. The number of nitrogens with zero attached hydrogens (tertiary/aromatic N) is 2. The Balaban J connectivity index is 1.71. The number of phenolic OH excluding ortho intramolecular Hbond substituents is 1. The van der Waals surface area contributed by atoms with Gasteiger partial charge in [-0.15, -0.1) is 0 Å². The summed E-state index contributed by atoms with van der Waals surface area (Å²) in [6, 6.07) is 13.9. The van der Waals surface area contributed by atoms with E-state index in [0.717, 1.165) is 37.5 Å². The van der Waals surface area contributed by atoms with Gasteiger partial charge in [-0.1, -0.05) is 24.3 Å². The third-order valence-electron chi connectivity index (χ3n) is 4.38. The van der Waals surface area contributed by atoms with E-state index in [2.05, 4.69) is 41.4 Å². The summed E-state index contributed by atoms with van der Waals surface area (Å²) in [5.74, 6) is 1.59. The highest BCUT2D eigenvalue weighted by Crippen LogP contribution is 2.28.